The van der Waals surface area contributed by atoms with E-state index in [1.807, 2.05) is 35.5 Å². The van der Waals surface area contributed by atoms with Crippen molar-refractivity contribution in [2.24, 2.45) is 0 Å². The zero-order chi connectivity index (χ0) is 13.1. The number of hydrogen-bond donors (Lipinski definition) is 0. The average Bonchev–Trinajstić information content (AvgIpc) is 2.48. The van der Waals surface area contributed by atoms with Gasteiger partial charge in [-0.1, -0.05) is 6.07 Å². The average molecular weight is 314 g/mol. The Labute approximate surface area is 127 Å². The lowest BCUT2D eigenvalue weighted by molar-refractivity contribution is -0.603. The molecule has 0 aromatic carbocycles. The number of nitrogens with zero attached hydrogens (tertiary/aromatic N) is 5. The van der Waals surface area contributed by atoms with Gasteiger partial charge in [0.25, 0.3) is 0 Å². The highest BCUT2D eigenvalue weighted by atomic mass is 35.5. The van der Waals surface area contributed by atoms with Crippen molar-refractivity contribution in [3.8, 4) is 5.95 Å². The number of ether oxygens (including phenoxy) is 1. The van der Waals surface area contributed by atoms with E-state index in [2.05, 4.69) is 15.0 Å². The lowest BCUT2D eigenvalue weighted by Crippen LogP contribution is -3.00. The highest BCUT2D eigenvalue weighted by molar-refractivity contribution is 6.28. The number of anilines is 1. The molecule has 0 amide bonds. The van der Waals surface area contributed by atoms with E-state index < -0.39 is 0 Å². The molecule has 106 valence electrons. The van der Waals surface area contributed by atoms with Gasteiger partial charge in [0.15, 0.2) is 0 Å². The summed E-state index contributed by atoms with van der Waals surface area (Å²) in [6.45, 7) is 2.88. The van der Waals surface area contributed by atoms with Crippen LogP contribution in [-0.2, 0) is 4.74 Å². The first-order valence-corrected chi connectivity index (χ1v) is 6.42. The number of pyridine rings is 1. The largest absolute Gasteiger partial charge is 1.00 e. The zero-order valence-corrected chi connectivity index (χ0v) is 12.1. The number of morpholine rings is 1. The van der Waals surface area contributed by atoms with Gasteiger partial charge in [-0.2, -0.15) is 4.98 Å². The van der Waals surface area contributed by atoms with Gasteiger partial charge in [-0.25, -0.2) is 4.57 Å². The van der Waals surface area contributed by atoms with Crippen molar-refractivity contribution in [1.82, 2.24) is 15.0 Å². The van der Waals surface area contributed by atoms with Crippen LogP contribution in [0.25, 0.3) is 5.95 Å². The lowest BCUT2D eigenvalue weighted by atomic mass is 10.4. The molecule has 1 aliphatic rings. The van der Waals surface area contributed by atoms with Crippen LogP contribution in [0.3, 0.4) is 0 Å². The minimum absolute atomic E-state index is 0. The molecule has 0 saturated carbocycles. The second kappa shape index (κ2) is 6.78. The van der Waals surface area contributed by atoms with Crippen LogP contribution >= 0.6 is 11.6 Å². The van der Waals surface area contributed by atoms with Gasteiger partial charge in [-0.3, -0.25) is 0 Å². The fraction of sp³-hybridized carbons (Fsp3) is 0.333. The van der Waals surface area contributed by atoms with Crippen LogP contribution in [0.4, 0.5) is 5.95 Å². The van der Waals surface area contributed by atoms with Crippen LogP contribution in [0.1, 0.15) is 0 Å². The smallest absolute Gasteiger partial charge is 0.444 e. The molecule has 8 heteroatoms. The topological polar surface area (TPSA) is 55.0 Å². The van der Waals surface area contributed by atoms with Gasteiger partial charge in [-0.15, -0.1) is 0 Å². The summed E-state index contributed by atoms with van der Waals surface area (Å²) in [5, 5.41) is 0.197. The molecule has 0 spiro atoms. The summed E-state index contributed by atoms with van der Waals surface area (Å²) in [5.41, 5.74) is 0. The number of halogens is 2. The van der Waals surface area contributed by atoms with Gasteiger partial charge in [0.1, 0.15) is 0 Å². The standard InChI is InChI=1S/C12H13ClN5O.ClH/c13-10-14-11(17-4-2-1-3-5-17)16-12(15-10)18-6-8-19-9-7-18;/h1-5H,6-9H2;1H/q+1;/p-1. The monoisotopic (exact) mass is 313 g/mol. The van der Waals surface area contributed by atoms with E-state index in [1.165, 1.54) is 0 Å². The summed E-state index contributed by atoms with van der Waals surface area (Å²) < 4.78 is 7.12. The van der Waals surface area contributed by atoms with Crippen LogP contribution in [0, 0.1) is 0 Å². The Morgan fingerprint density at radius 2 is 1.75 bits per heavy atom. The van der Waals surface area contributed by atoms with Crippen molar-refractivity contribution in [3.63, 3.8) is 0 Å². The molecule has 1 fully saturated rings. The Bertz CT molecular complexity index is 563. The molecule has 2 aromatic rings. The first kappa shape index (κ1) is 14.9. The van der Waals surface area contributed by atoms with Crippen LogP contribution in [0.2, 0.25) is 5.28 Å². The van der Waals surface area contributed by atoms with E-state index in [0.29, 0.717) is 25.1 Å². The molecule has 6 nitrogen and oxygen atoms in total. The van der Waals surface area contributed by atoms with Crippen molar-refractivity contribution >= 4 is 17.5 Å². The number of aromatic nitrogens is 4. The third-order valence-corrected chi connectivity index (χ3v) is 2.99. The van der Waals surface area contributed by atoms with Gasteiger partial charge >= 0.3 is 17.2 Å². The quantitative estimate of drug-likeness (QED) is 0.581. The van der Waals surface area contributed by atoms with Crippen LogP contribution in [0.15, 0.2) is 30.6 Å². The Morgan fingerprint density at radius 1 is 1.05 bits per heavy atom. The molecule has 0 unspecified atom stereocenters. The molecule has 20 heavy (non-hydrogen) atoms. The molecule has 3 rings (SSSR count). The molecule has 0 radical (unpaired) electrons. The van der Waals surface area contributed by atoms with Crippen LogP contribution < -0.4 is 21.9 Å². The van der Waals surface area contributed by atoms with Crippen LogP contribution in [0.5, 0.6) is 0 Å². The van der Waals surface area contributed by atoms with Crippen molar-refractivity contribution < 1.29 is 21.7 Å². The predicted octanol–water partition coefficient (Wildman–Crippen LogP) is -2.36. The van der Waals surface area contributed by atoms with E-state index >= 15 is 0 Å². The van der Waals surface area contributed by atoms with Crippen molar-refractivity contribution in [2.45, 2.75) is 0 Å². The lowest BCUT2D eigenvalue weighted by Gasteiger charge is -2.24. The summed E-state index contributed by atoms with van der Waals surface area (Å²) in [6, 6.07) is 5.75. The Balaban J connectivity index is 0.00000147. The number of rotatable bonds is 2. The Hall–Kier alpha value is -1.50. The maximum Gasteiger partial charge on any atom is 0.444 e. The predicted molar refractivity (Wildman–Crippen MR) is 69.4 cm³/mol. The van der Waals surface area contributed by atoms with Gasteiger partial charge < -0.3 is 22.0 Å². The minimum atomic E-state index is 0. The fourth-order valence-electron chi connectivity index (χ4n) is 1.88. The molecule has 3 heterocycles. The number of hydrogen-bond acceptors (Lipinski definition) is 5. The highest BCUT2D eigenvalue weighted by Gasteiger charge is 2.22. The molecule has 2 aromatic heterocycles. The second-order valence-electron chi connectivity index (χ2n) is 4.09. The SMILES string of the molecule is Clc1nc(N2CCOCC2)nc(-[n+]2ccccc2)n1.[Cl-]. The minimum Gasteiger partial charge on any atom is -1.00 e. The van der Waals surface area contributed by atoms with Gasteiger partial charge in [-0.05, 0) is 33.7 Å². The first-order valence-electron chi connectivity index (χ1n) is 6.04. The van der Waals surface area contributed by atoms with E-state index in [-0.39, 0.29) is 17.7 Å². The summed E-state index contributed by atoms with van der Waals surface area (Å²) in [6.07, 6.45) is 3.74. The third kappa shape index (κ3) is 3.33. The molecule has 1 aliphatic heterocycles. The van der Waals surface area contributed by atoms with E-state index in [0.717, 1.165) is 13.1 Å². The van der Waals surface area contributed by atoms with Crippen molar-refractivity contribution in [1.29, 1.82) is 0 Å². The van der Waals surface area contributed by atoms with Gasteiger partial charge in [0, 0.05) is 13.1 Å². The fourth-order valence-corrected chi connectivity index (χ4v) is 2.03. The third-order valence-electron chi connectivity index (χ3n) is 2.82. The normalized spacial score (nSPS) is 14.8. The van der Waals surface area contributed by atoms with E-state index in [9.17, 15) is 0 Å². The van der Waals surface area contributed by atoms with Gasteiger partial charge in [0.2, 0.25) is 0 Å². The maximum atomic E-state index is 5.99. The summed E-state index contributed by atoms with van der Waals surface area (Å²) in [7, 11) is 0. The van der Waals surface area contributed by atoms with E-state index in [4.69, 9.17) is 16.3 Å². The van der Waals surface area contributed by atoms with Gasteiger partial charge in [0.05, 0.1) is 25.6 Å². The summed E-state index contributed by atoms with van der Waals surface area (Å²) >= 11 is 5.99. The maximum absolute atomic E-state index is 5.99. The summed E-state index contributed by atoms with van der Waals surface area (Å²) in [4.78, 5) is 14.8. The molecule has 0 bridgehead atoms. The van der Waals surface area contributed by atoms with E-state index in [1.54, 1.807) is 4.57 Å². The molecule has 0 aliphatic carbocycles. The molecular weight excluding hydrogens is 301 g/mol. The summed E-state index contributed by atoms with van der Waals surface area (Å²) in [5.74, 6) is 1.11. The van der Waals surface area contributed by atoms with Crippen molar-refractivity contribution in [3.05, 3.63) is 35.9 Å². The highest BCUT2D eigenvalue weighted by Crippen LogP contribution is 2.12. The van der Waals surface area contributed by atoms with Crippen LogP contribution in [-0.4, -0.2) is 41.3 Å². The first-order chi connectivity index (χ1) is 9.33. The second-order valence-corrected chi connectivity index (χ2v) is 4.42. The van der Waals surface area contributed by atoms with Crippen molar-refractivity contribution in [2.75, 3.05) is 31.2 Å². The Kier molecular flexibility index (Phi) is 5.05. The zero-order valence-electron chi connectivity index (χ0n) is 10.6. The molecule has 0 N–H and O–H groups in total. The molecule has 0 atom stereocenters. The molecular formula is C12H13Cl2N5O. The molecule has 1 saturated heterocycles. The Morgan fingerprint density at radius 3 is 2.45 bits per heavy atom.